The lowest BCUT2D eigenvalue weighted by molar-refractivity contribution is 0.373. The van der Waals surface area contributed by atoms with Gasteiger partial charge in [-0.3, -0.25) is 0 Å². The molecule has 0 heterocycles. The van der Waals surface area contributed by atoms with E-state index in [1.165, 1.54) is 25.0 Å². The molecule has 0 atom stereocenters. The molecular weight excluding hydrogens is 166 g/mol. The number of thioether (sulfide) groups is 1. The van der Waals surface area contributed by atoms with Crippen molar-refractivity contribution in [2.24, 2.45) is 5.41 Å². The van der Waals surface area contributed by atoms with Gasteiger partial charge in [0.2, 0.25) is 0 Å². The number of hydrogen-bond acceptors (Lipinski definition) is 2. The Balaban J connectivity index is 2.30. The molecule has 0 saturated heterocycles. The molecule has 0 aromatic rings. The highest BCUT2D eigenvalue weighted by molar-refractivity contribution is 7.98. The molecule has 2 heteroatoms. The Hall–Kier alpha value is -0.160. The van der Waals surface area contributed by atoms with Crippen LogP contribution in [0.2, 0.25) is 0 Å². The first-order valence-corrected chi connectivity index (χ1v) is 6.13. The SMILES string of the molecule is CSCCCC1(C#N)CCCC1. The van der Waals surface area contributed by atoms with Crippen LogP contribution in [0.25, 0.3) is 0 Å². The van der Waals surface area contributed by atoms with Crippen LogP contribution in [0.1, 0.15) is 38.5 Å². The first kappa shape index (κ1) is 9.92. The lowest BCUT2D eigenvalue weighted by atomic mass is 9.83. The van der Waals surface area contributed by atoms with E-state index in [1.54, 1.807) is 0 Å². The van der Waals surface area contributed by atoms with E-state index in [0.29, 0.717) is 0 Å². The van der Waals surface area contributed by atoms with E-state index in [9.17, 15) is 0 Å². The van der Waals surface area contributed by atoms with Crippen molar-refractivity contribution in [2.45, 2.75) is 38.5 Å². The predicted octanol–water partition coefficient (Wildman–Crippen LogP) is 3.21. The van der Waals surface area contributed by atoms with E-state index in [-0.39, 0.29) is 5.41 Å². The van der Waals surface area contributed by atoms with E-state index in [0.717, 1.165) is 19.3 Å². The zero-order chi connectivity index (χ0) is 8.86. The van der Waals surface area contributed by atoms with Gasteiger partial charge in [-0.25, -0.2) is 0 Å². The molecule has 1 nitrogen and oxygen atoms in total. The molecule has 0 bridgehead atoms. The van der Waals surface area contributed by atoms with Gasteiger partial charge in [0.1, 0.15) is 0 Å². The third-order valence-corrected chi connectivity index (χ3v) is 3.50. The molecule has 1 aliphatic carbocycles. The van der Waals surface area contributed by atoms with Crippen LogP contribution < -0.4 is 0 Å². The molecule has 0 spiro atoms. The van der Waals surface area contributed by atoms with Crippen molar-refractivity contribution in [2.75, 3.05) is 12.0 Å². The minimum absolute atomic E-state index is 0.0791. The summed E-state index contributed by atoms with van der Waals surface area (Å²) in [5.41, 5.74) is 0.0791. The monoisotopic (exact) mass is 183 g/mol. The molecule has 0 aromatic carbocycles. The summed E-state index contributed by atoms with van der Waals surface area (Å²) in [6.07, 6.45) is 9.32. The van der Waals surface area contributed by atoms with Crippen LogP contribution in [0.15, 0.2) is 0 Å². The van der Waals surface area contributed by atoms with Gasteiger partial charge in [-0.05, 0) is 37.7 Å². The Kier molecular flexibility index (Phi) is 3.94. The number of nitriles is 1. The van der Waals surface area contributed by atoms with Gasteiger partial charge in [0.25, 0.3) is 0 Å². The van der Waals surface area contributed by atoms with E-state index >= 15 is 0 Å². The Morgan fingerprint density at radius 2 is 2.08 bits per heavy atom. The van der Waals surface area contributed by atoms with E-state index < -0.39 is 0 Å². The normalized spacial score (nSPS) is 20.7. The summed E-state index contributed by atoms with van der Waals surface area (Å²) in [6.45, 7) is 0. The molecule has 0 N–H and O–H groups in total. The van der Waals surface area contributed by atoms with Gasteiger partial charge in [0.15, 0.2) is 0 Å². The van der Waals surface area contributed by atoms with Gasteiger partial charge < -0.3 is 0 Å². The van der Waals surface area contributed by atoms with Gasteiger partial charge in [0, 0.05) is 0 Å². The highest BCUT2D eigenvalue weighted by Crippen LogP contribution is 2.41. The second-order valence-electron chi connectivity index (χ2n) is 3.70. The summed E-state index contributed by atoms with van der Waals surface area (Å²) in [5, 5.41) is 9.06. The van der Waals surface area contributed by atoms with Crippen LogP contribution in [-0.2, 0) is 0 Å². The van der Waals surface area contributed by atoms with E-state index in [2.05, 4.69) is 12.3 Å². The summed E-state index contributed by atoms with van der Waals surface area (Å²) in [5.74, 6) is 1.21. The maximum atomic E-state index is 9.06. The Labute approximate surface area is 79.5 Å². The average Bonchev–Trinajstić information content (AvgIpc) is 2.55. The highest BCUT2D eigenvalue weighted by atomic mass is 32.2. The standard InChI is InChI=1S/C10H17NS/c1-12-8-4-7-10(9-11)5-2-3-6-10/h2-8H2,1H3. The summed E-state index contributed by atoms with van der Waals surface area (Å²) in [4.78, 5) is 0. The third-order valence-electron chi connectivity index (χ3n) is 2.80. The summed E-state index contributed by atoms with van der Waals surface area (Å²) in [6, 6.07) is 2.53. The summed E-state index contributed by atoms with van der Waals surface area (Å²) in [7, 11) is 0. The number of rotatable bonds is 4. The zero-order valence-corrected chi connectivity index (χ0v) is 8.62. The lowest BCUT2D eigenvalue weighted by Gasteiger charge is -2.19. The molecule has 1 rings (SSSR count). The van der Waals surface area contributed by atoms with Gasteiger partial charge in [-0.1, -0.05) is 12.8 Å². The molecular formula is C10H17NS. The molecule has 1 fully saturated rings. The smallest absolute Gasteiger partial charge is 0.0689 e. The first-order chi connectivity index (χ1) is 5.83. The molecule has 12 heavy (non-hydrogen) atoms. The van der Waals surface area contributed by atoms with Crippen molar-refractivity contribution in [3.8, 4) is 6.07 Å². The van der Waals surface area contributed by atoms with Crippen molar-refractivity contribution in [3.05, 3.63) is 0 Å². The van der Waals surface area contributed by atoms with Gasteiger partial charge in [-0.2, -0.15) is 17.0 Å². The van der Waals surface area contributed by atoms with Crippen LogP contribution >= 0.6 is 11.8 Å². The maximum Gasteiger partial charge on any atom is 0.0689 e. The van der Waals surface area contributed by atoms with Gasteiger partial charge in [0.05, 0.1) is 11.5 Å². The van der Waals surface area contributed by atoms with Gasteiger partial charge >= 0.3 is 0 Å². The van der Waals surface area contributed by atoms with Crippen LogP contribution in [0.5, 0.6) is 0 Å². The minimum atomic E-state index is 0.0791. The quantitative estimate of drug-likeness (QED) is 0.625. The second kappa shape index (κ2) is 4.77. The molecule has 1 saturated carbocycles. The average molecular weight is 183 g/mol. The molecule has 0 aromatic heterocycles. The highest BCUT2D eigenvalue weighted by Gasteiger charge is 2.32. The number of nitrogens with zero attached hydrogens (tertiary/aromatic N) is 1. The fourth-order valence-corrected chi connectivity index (χ4v) is 2.46. The fraction of sp³-hybridized carbons (Fsp3) is 0.900. The molecule has 0 unspecified atom stereocenters. The summed E-state index contributed by atoms with van der Waals surface area (Å²) >= 11 is 1.88. The minimum Gasteiger partial charge on any atom is -0.198 e. The van der Waals surface area contributed by atoms with Crippen LogP contribution in [-0.4, -0.2) is 12.0 Å². The Morgan fingerprint density at radius 1 is 1.42 bits per heavy atom. The van der Waals surface area contributed by atoms with Crippen molar-refractivity contribution >= 4 is 11.8 Å². The molecule has 0 aliphatic heterocycles. The van der Waals surface area contributed by atoms with Crippen molar-refractivity contribution in [3.63, 3.8) is 0 Å². The largest absolute Gasteiger partial charge is 0.198 e. The van der Waals surface area contributed by atoms with Crippen molar-refractivity contribution < 1.29 is 0 Å². The molecule has 1 aliphatic rings. The Bertz CT molecular complexity index is 165. The molecule has 68 valence electrons. The molecule has 0 amide bonds. The van der Waals surface area contributed by atoms with Crippen LogP contribution in [0.4, 0.5) is 0 Å². The van der Waals surface area contributed by atoms with E-state index in [4.69, 9.17) is 5.26 Å². The van der Waals surface area contributed by atoms with Crippen LogP contribution in [0, 0.1) is 16.7 Å². The van der Waals surface area contributed by atoms with Crippen LogP contribution in [0.3, 0.4) is 0 Å². The van der Waals surface area contributed by atoms with Gasteiger partial charge in [-0.15, -0.1) is 0 Å². The first-order valence-electron chi connectivity index (χ1n) is 4.73. The lowest BCUT2D eigenvalue weighted by Crippen LogP contribution is -2.13. The van der Waals surface area contributed by atoms with Crippen molar-refractivity contribution in [1.82, 2.24) is 0 Å². The second-order valence-corrected chi connectivity index (χ2v) is 4.68. The van der Waals surface area contributed by atoms with E-state index in [1.807, 2.05) is 11.8 Å². The predicted molar refractivity (Wildman–Crippen MR) is 54.1 cm³/mol. The molecule has 0 radical (unpaired) electrons. The third kappa shape index (κ3) is 2.42. The Morgan fingerprint density at radius 3 is 2.58 bits per heavy atom. The zero-order valence-electron chi connectivity index (χ0n) is 7.81. The van der Waals surface area contributed by atoms with Crippen molar-refractivity contribution in [1.29, 1.82) is 5.26 Å². The maximum absolute atomic E-state index is 9.06. The fourth-order valence-electron chi connectivity index (χ4n) is 2.02. The number of hydrogen-bond donors (Lipinski definition) is 0. The summed E-state index contributed by atoms with van der Waals surface area (Å²) < 4.78 is 0. The topological polar surface area (TPSA) is 23.8 Å².